The van der Waals surface area contributed by atoms with Crippen LogP contribution in [0, 0.1) is 18.6 Å². The van der Waals surface area contributed by atoms with Gasteiger partial charge in [0.25, 0.3) is 0 Å². The number of aromatic nitrogens is 1. The molecule has 0 radical (unpaired) electrons. The summed E-state index contributed by atoms with van der Waals surface area (Å²) >= 11 is 0. The van der Waals surface area contributed by atoms with Crippen molar-refractivity contribution in [3.05, 3.63) is 47.4 Å². The molecule has 0 aliphatic carbocycles. The van der Waals surface area contributed by atoms with E-state index in [-0.39, 0.29) is 12.1 Å². The number of hydrogen-bond donors (Lipinski definition) is 1. The van der Waals surface area contributed by atoms with Crippen molar-refractivity contribution in [1.29, 1.82) is 0 Å². The molecule has 1 N–H and O–H groups in total. The van der Waals surface area contributed by atoms with E-state index in [1.807, 2.05) is 0 Å². The van der Waals surface area contributed by atoms with Crippen LogP contribution in [-0.2, 0) is 16.4 Å². The molecule has 0 unspecified atom stereocenters. The lowest BCUT2D eigenvalue weighted by Crippen LogP contribution is -2.27. The number of sulfonamides is 1. The summed E-state index contributed by atoms with van der Waals surface area (Å²) < 4.78 is 57.6. The van der Waals surface area contributed by atoms with E-state index in [1.165, 1.54) is 25.5 Å². The molecule has 5 nitrogen and oxygen atoms in total. The third kappa shape index (κ3) is 3.02. The van der Waals surface area contributed by atoms with E-state index in [2.05, 4.69) is 14.4 Å². The Labute approximate surface area is 114 Å². The average molecular weight is 302 g/mol. The number of benzene rings is 1. The molecule has 0 atom stereocenters. The highest BCUT2D eigenvalue weighted by molar-refractivity contribution is 7.89. The van der Waals surface area contributed by atoms with E-state index in [0.717, 1.165) is 6.07 Å². The first kappa shape index (κ1) is 14.6. The van der Waals surface area contributed by atoms with Gasteiger partial charge < -0.3 is 4.52 Å². The van der Waals surface area contributed by atoms with Crippen LogP contribution in [0.15, 0.2) is 34.0 Å². The van der Waals surface area contributed by atoms with E-state index >= 15 is 0 Å². The number of nitrogens with zero attached hydrogens (tertiary/aromatic N) is 1. The molecule has 8 heteroatoms. The van der Waals surface area contributed by atoms with E-state index in [4.69, 9.17) is 0 Å². The average Bonchev–Trinajstić information content (AvgIpc) is 2.88. The Balaban J connectivity index is 2.12. The van der Waals surface area contributed by atoms with Crippen molar-refractivity contribution in [1.82, 2.24) is 9.88 Å². The maximum Gasteiger partial charge on any atom is 0.243 e. The van der Waals surface area contributed by atoms with E-state index in [9.17, 15) is 17.2 Å². The summed E-state index contributed by atoms with van der Waals surface area (Å²) in [7, 11) is -4.10. The van der Waals surface area contributed by atoms with Crippen LogP contribution in [0.3, 0.4) is 0 Å². The van der Waals surface area contributed by atoms with Gasteiger partial charge in [-0.15, -0.1) is 0 Å². The largest absolute Gasteiger partial charge is 0.364 e. The first-order valence-electron chi connectivity index (χ1n) is 5.74. The number of rotatable bonds is 5. The Hall–Kier alpha value is -1.80. The molecule has 0 aliphatic heterocycles. The van der Waals surface area contributed by atoms with Crippen molar-refractivity contribution in [2.24, 2.45) is 0 Å². The number of aryl methyl sites for hydroxylation is 1. The maximum atomic E-state index is 13.6. The van der Waals surface area contributed by atoms with Crippen molar-refractivity contribution in [3.8, 4) is 0 Å². The molecule has 2 rings (SSSR count). The van der Waals surface area contributed by atoms with Crippen molar-refractivity contribution in [2.75, 3.05) is 6.54 Å². The highest BCUT2D eigenvalue weighted by Crippen LogP contribution is 2.19. The quantitative estimate of drug-likeness (QED) is 0.914. The van der Waals surface area contributed by atoms with Crippen LogP contribution in [0.1, 0.15) is 11.1 Å². The molecule has 0 saturated carbocycles. The smallest absolute Gasteiger partial charge is 0.243 e. The number of nitrogens with one attached hydrogen (secondary N) is 1. The van der Waals surface area contributed by atoms with Gasteiger partial charge in [-0.25, -0.2) is 21.9 Å². The second-order valence-electron chi connectivity index (χ2n) is 4.19. The first-order valence-corrected chi connectivity index (χ1v) is 7.22. The molecule has 0 fully saturated rings. The van der Waals surface area contributed by atoms with Crippen LogP contribution >= 0.6 is 0 Å². The van der Waals surface area contributed by atoms with Gasteiger partial charge in [0, 0.05) is 12.1 Å². The van der Waals surface area contributed by atoms with Gasteiger partial charge in [0.1, 0.15) is 11.2 Å². The third-order valence-electron chi connectivity index (χ3n) is 2.72. The summed E-state index contributed by atoms with van der Waals surface area (Å²) in [6.45, 7) is 1.38. The van der Waals surface area contributed by atoms with E-state index in [0.29, 0.717) is 12.0 Å². The lowest BCUT2D eigenvalue weighted by molar-refractivity contribution is 0.419. The fourth-order valence-electron chi connectivity index (χ4n) is 1.59. The van der Waals surface area contributed by atoms with Crippen LogP contribution in [0.5, 0.6) is 0 Å². The zero-order valence-electron chi connectivity index (χ0n) is 10.6. The molecule has 20 heavy (non-hydrogen) atoms. The Kier molecular flexibility index (Phi) is 4.15. The predicted octanol–water partition coefficient (Wildman–Crippen LogP) is 1.78. The zero-order valence-corrected chi connectivity index (χ0v) is 11.4. The summed E-state index contributed by atoms with van der Waals surface area (Å²) in [6, 6.07) is 2.25. The highest BCUT2D eigenvalue weighted by Gasteiger charge is 2.22. The minimum absolute atomic E-state index is 0.0263. The Morgan fingerprint density at radius 3 is 2.70 bits per heavy atom. The van der Waals surface area contributed by atoms with Crippen molar-refractivity contribution < 1.29 is 21.7 Å². The fraction of sp³-hybridized carbons (Fsp3) is 0.250. The lowest BCUT2D eigenvalue weighted by Gasteiger charge is -2.08. The van der Waals surface area contributed by atoms with Gasteiger partial charge in [0.15, 0.2) is 11.6 Å². The Morgan fingerprint density at radius 2 is 2.05 bits per heavy atom. The van der Waals surface area contributed by atoms with Gasteiger partial charge in [-0.3, -0.25) is 0 Å². The summed E-state index contributed by atoms with van der Waals surface area (Å²) in [5.41, 5.74) is 0.745. The van der Waals surface area contributed by atoms with Crippen LogP contribution < -0.4 is 4.72 Å². The van der Waals surface area contributed by atoms with Gasteiger partial charge in [0.05, 0.1) is 6.20 Å². The maximum absolute atomic E-state index is 13.6. The minimum atomic E-state index is -4.10. The second-order valence-corrected chi connectivity index (χ2v) is 5.92. The second kappa shape index (κ2) is 5.68. The molecule has 0 aliphatic rings. The van der Waals surface area contributed by atoms with Crippen LogP contribution in [-0.4, -0.2) is 20.1 Å². The normalized spacial score (nSPS) is 11.8. The monoisotopic (exact) mass is 302 g/mol. The van der Waals surface area contributed by atoms with Gasteiger partial charge in [0.2, 0.25) is 10.0 Å². The van der Waals surface area contributed by atoms with E-state index < -0.39 is 26.6 Å². The minimum Gasteiger partial charge on any atom is -0.364 e. The molecule has 1 aromatic heterocycles. The topological polar surface area (TPSA) is 72.2 Å². The summed E-state index contributed by atoms with van der Waals surface area (Å²) in [6.07, 6.45) is 3.15. The van der Waals surface area contributed by atoms with Gasteiger partial charge >= 0.3 is 0 Å². The van der Waals surface area contributed by atoms with Crippen LogP contribution in [0.4, 0.5) is 8.78 Å². The predicted molar refractivity (Wildman–Crippen MR) is 66.5 cm³/mol. The molecule has 0 bridgehead atoms. The van der Waals surface area contributed by atoms with Crippen LogP contribution in [0.25, 0.3) is 0 Å². The lowest BCUT2D eigenvalue weighted by atomic mass is 10.2. The molecular formula is C12H12F2N2O3S. The van der Waals surface area contributed by atoms with Gasteiger partial charge in [-0.2, -0.15) is 0 Å². The first-order chi connectivity index (χ1) is 9.42. The standard InChI is InChI=1S/C12H12F2N2O3S/c1-8-2-3-10(12(14)11(8)13)20(17,18)16-5-4-9-6-15-19-7-9/h2-3,6-7,16H,4-5H2,1H3. The fourth-order valence-corrected chi connectivity index (χ4v) is 2.69. The summed E-state index contributed by atoms with van der Waals surface area (Å²) in [4.78, 5) is -0.703. The molecule has 1 heterocycles. The Morgan fingerprint density at radius 1 is 1.30 bits per heavy atom. The highest BCUT2D eigenvalue weighted by atomic mass is 32.2. The molecular weight excluding hydrogens is 290 g/mol. The number of halogens is 2. The Bertz CT molecular complexity index is 700. The molecule has 0 amide bonds. The van der Waals surface area contributed by atoms with E-state index in [1.54, 1.807) is 0 Å². The molecule has 0 spiro atoms. The molecule has 0 saturated heterocycles. The number of hydrogen-bond acceptors (Lipinski definition) is 4. The third-order valence-corrected chi connectivity index (χ3v) is 4.20. The van der Waals surface area contributed by atoms with Gasteiger partial charge in [-0.05, 0) is 25.0 Å². The zero-order chi connectivity index (χ0) is 14.8. The summed E-state index contributed by atoms with van der Waals surface area (Å²) in [5, 5.41) is 3.47. The molecule has 108 valence electrons. The van der Waals surface area contributed by atoms with Gasteiger partial charge in [-0.1, -0.05) is 11.2 Å². The molecule has 2 aromatic rings. The van der Waals surface area contributed by atoms with Crippen molar-refractivity contribution >= 4 is 10.0 Å². The molecule has 1 aromatic carbocycles. The van der Waals surface area contributed by atoms with Crippen molar-refractivity contribution in [3.63, 3.8) is 0 Å². The van der Waals surface area contributed by atoms with Crippen molar-refractivity contribution in [2.45, 2.75) is 18.2 Å². The summed E-state index contributed by atoms with van der Waals surface area (Å²) in [5.74, 6) is -2.53. The SMILES string of the molecule is Cc1ccc(S(=O)(=O)NCCc2cnoc2)c(F)c1F. The van der Waals surface area contributed by atoms with Crippen LogP contribution in [0.2, 0.25) is 0 Å².